The van der Waals surface area contributed by atoms with Crippen LogP contribution in [0.25, 0.3) is 0 Å². The Balaban J connectivity index is 2.81. The lowest BCUT2D eigenvalue weighted by atomic mass is 10.1. The van der Waals surface area contributed by atoms with E-state index in [0.717, 1.165) is 11.0 Å². The summed E-state index contributed by atoms with van der Waals surface area (Å²) < 4.78 is 61.5. The molecule has 0 aliphatic carbocycles. The first-order valence-electron chi connectivity index (χ1n) is 4.74. The van der Waals surface area contributed by atoms with E-state index < -0.39 is 33.5 Å². The molecule has 0 saturated heterocycles. The van der Waals surface area contributed by atoms with Crippen molar-refractivity contribution in [2.75, 3.05) is 6.54 Å². The Kier molecular flexibility index (Phi) is 3.79. The van der Waals surface area contributed by atoms with Gasteiger partial charge in [0.05, 0.1) is 0 Å². The first kappa shape index (κ1) is 14.6. The zero-order chi connectivity index (χ0) is 14.1. The second-order valence-electron chi connectivity index (χ2n) is 3.64. The maximum absolute atomic E-state index is 12.0. The fourth-order valence-electron chi connectivity index (χ4n) is 1.39. The third kappa shape index (κ3) is 3.06. The molecule has 1 atom stereocenters. The van der Waals surface area contributed by atoms with Crippen molar-refractivity contribution in [2.24, 2.45) is 0 Å². The summed E-state index contributed by atoms with van der Waals surface area (Å²) in [6.45, 7) is 1.21. The highest BCUT2D eigenvalue weighted by atomic mass is 32.2. The normalized spacial score (nSPS) is 21.4. The molecule has 1 N–H and O–H groups in total. The lowest BCUT2D eigenvalue weighted by Gasteiger charge is -2.30. The highest BCUT2D eigenvalue weighted by Crippen LogP contribution is 2.29. The predicted octanol–water partition coefficient (Wildman–Crippen LogP) is 1.51. The van der Waals surface area contributed by atoms with Crippen molar-refractivity contribution >= 4 is 16.2 Å². The van der Waals surface area contributed by atoms with E-state index in [4.69, 9.17) is 5.11 Å². The van der Waals surface area contributed by atoms with Crippen molar-refractivity contribution in [2.45, 2.75) is 24.9 Å². The van der Waals surface area contributed by atoms with E-state index in [1.807, 2.05) is 0 Å². The van der Waals surface area contributed by atoms with Gasteiger partial charge in [0.25, 0.3) is 0 Å². The SMILES string of the molecule is C[C@@H]1CC(OS(=O)(=O)C(F)(F)F)=CCN1C(=O)O. The van der Waals surface area contributed by atoms with Crippen molar-refractivity contribution in [1.82, 2.24) is 4.90 Å². The number of halogens is 3. The van der Waals surface area contributed by atoms with E-state index in [1.54, 1.807) is 0 Å². The molecule has 6 nitrogen and oxygen atoms in total. The first-order valence-corrected chi connectivity index (χ1v) is 6.15. The smallest absolute Gasteiger partial charge is 0.465 e. The number of nitrogens with zero attached hydrogens (tertiary/aromatic N) is 1. The van der Waals surface area contributed by atoms with Gasteiger partial charge in [-0.2, -0.15) is 21.6 Å². The zero-order valence-corrected chi connectivity index (χ0v) is 9.95. The predicted molar refractivity (Wildman–Crippen MR) is 53.0 cm³/mol. The van der Waals surface area contributed by atoms with Crippen LogP contribution >= 0.6 is 0 Å². The van der Waals surface area contributed by atoms with Crippen LogP contribution in [0.4, 0.5) is 18.0 Å². The van der Waals surface area contributed by atoms with Crippen LogP contribution in [-0.2, 0) is 14.3 Å². The number of hydrogen-bond donors (Lipinski definition) is 1. The van der Waals surface area contributed by atoms with Crippen LogP contribution in [-0.4, -0.2) is 42.6 Å². The molecule has 1 aliphatic heterocycles. The molecule has 0 aromatic rings. The lowest BCUT2D eigenvalue weighted by Crippen LogP contribution is -2.41. The molecule has 104 valence electrons. The van der Waals surface area contributed by atoms with Crippen LogP contribution in [0.1, 0.15) is 13.3 Å². The summed E-state index contributed by atoms with van der Waals surface area (Å²) in [7, 11) is -5.69. The van der Waals surface area contributed by atoms with Crippen molar-refractivity contribution < 1.29 is 35.7 Å². The van der Waals surface area contributed by atoms with Gasteiger partial charge in [-0.15, -0.1) is 0 Å². The van der Waals surface area contributed by atoms with E-state index in [9.17, 15) is 26.4 Å². The topological polar surface area (TPSA) is 83.9 Å². The standard InChI is InChI=1S/C8H10F3NO5S/c1-5-4-6(2-3-12(5)7(13)14)17-18(15,16)8(9,10)11/h2,5H,3-4H2,1H3,(H,13,14)/t5-/m1/s1. The Morgan fingerprint density at radius 3 is 2.50 bits per heavy atom. The Morgan fingerprint density at radius 1 is 1.56 bits per heavy atom. The molecular weight excluding hydrogens is 279 g/mol. The molecular formula is C8H10F3NO5S. The van der Waals surface area contributed by atoms with Crippen molar-refractivity contribution in [3.63, 3.8) is 0 Å². The summed E-state index contributed by atoms with van der Waals surface area (Å²) in [4.78, 5) is 11.6. The molecule has 0 unspecified atom stereocenters. The van der Waals surface area contributed by atoms with Crippen molar-refractivity contribution in [3.8, 4) is 0 Å². The number of carbonyl (C=O) groups is 1. The second kappa shape index (κ2) is 4.67. The summed E-state index contributed by atoms with van der Waals surface area (Å²) in [6, 6.07) is -0.661. The quantitative estimate of drug-likeness (QED) is 0.615. The van der Waals surface area contributed by atoms with Gasteiger partial charge in [-0.1, -0.05) is 0 Å². The Hall–Kier alpha value is -1.45. The third-order valence-electron chi connectivity index (χ3n) is 2.29. The molecule has 0 fully saturated rings. The third-order valence-corrected chi connectivity index (χ3v) is 3.29. The van der Waals surface area contributed by atoms with Crippen LogP contribution in [0, 0.1) is 0 Å². The fourth-order valence-corrected chi connectivity index (χ4v) is 1.90. The Labute approximate surface area is 101 Å². The summed E-state index contributed by atoms with van der Waals surface area (Å²) in [5, 5.41) is 8.71. The minimum atomic E-state index is -5.69. The van der Waals surface area contributed by atoms with Crippen LogP contribution in [0.15, 0.2) is 11.8 Å². The molecule has 0 aromatic carbocycles. The average Bonchev–Trinajstić information content (AvgIpc) is 2.14. The molecule has 18 heavy (non-hydrogen) atoms. The highest BCUT2D eigenvalue weighted by Gasteiger charge is 2.49. The molecule has 10 heteroatoms. The van der Waals surface area contributed by atoms with Crippen LogP contribution < -0.4 is 0 Å². The van der Waals surface area contributed by atoms with Gasteiger partial charge in [0.2, 0.25) is 0 Å². The number of carboxylic acid groups (broad SMARTS) is 1. The largest absolute Gasteiger partial charge is 0.534 e. The second-order valence-corrected chi connectivity index (χ2v) is 5.18. The summed E-state index contributed by atoms with van der Waals surface area (Å²) >= 11 is 0. The molecule has 0 bridgehead atoms. The van der Waals surface area contributed by atoms with Crippen molar-refractivity contribution in [3.05, 3.63) is 11.8 Å². The van der Waals surface area contributed by atoms with Gasteiger partial charge in [0, 0.05) is 19.0 Å². The summed E-state index contributed by atoms with van der Waals surface area (Å²) in [5.41, 5.74) is -5.50. The van der Waals surface area contributed by atoms with Crippen molar-refractivity contribution in [1.29, 1.82) is 0 Å². The summed E-state index contributed by atoms with van der Waals surface area (Å²) in [6.07, 6.45) is -0.476. The van der Waals surface area contributed by atoms with Gasteiger partial charge in [-0.05, 0) is 13.0 Å². The first-order chi connectivity index (χ1) is 8.04. The molecule has 1 aliphatic rings. The minimum Gasteiger partial charge on any atom is -0.465 e. The Bertz CT molecular complexity index is 470. The highest BCUT2D eigenvalue weighted by molar-refractivity contribution is 7.87. The van der Waals surface area contributed by atoms with Gasteiger partial charge in [-0.25, -0.2) is 4.79 Å². The molecule has 1 heterocycles. The number of alkyl halides is 3. The van der Waals surface area contributed by atoms with Crippen LogP contribution in [0.5, 0.6) is 0 Å². The molecule has 0 radical (unpaired) electrons. The number of rotatable bonds is 2. The molecule has 1 amide bonds. The monoisotopic (exact) mass is 289 g/mol. The van der Waals surface area contributed by atoms with E-state index in [-0.39, 0.29) is 13.0 Å². The van der Waals surface area contributed by atoms with E-state index >= 15 is 0 Å². The maximum atomic E-state index is 12.0. The minimum absolute atomic E-state index is 0.223. The zero-order valence-electron chi connectivity index (χ0n) is 9.14. The van der Waals surface area contributed by atoms with E-state index in [2.05, 4.69) is 4.18 Å². The Morgan fingerprint density at radius 2 is 2.11 bits per heavy atom. The molecule has 0 aromatic heterocycles. The summed E-state index contributed by atoms with van der Waals surface area (Å²) in [5.74, 6) is -0.405. The lowest BCUT2D eigenvalue weighted by molar-refractivity contribution is -0.0526. The number of hydrogen-bond acceptors (Lipinski definition) is 4. The van der Waals surface area contributed by atoms with Crippen LogP contribution in [0.2, 0.25) is 0 Å². The molecule has 0 saturated carbocycles. The van der Waals surface area contributed by atoms with Gasteiger partial charge >= 0.3 is 21.7 Å². The van der Waals surface area contributed by atoms with E-state index in [1.165, 1.54) is 6.92 Å². The number of amides is 1. The molecule has 1 rings (SSSR count). The van der Waals surface area contributed by atoms with Gasteiger partial charge < -0.3 is 14.2 Å². The maximum Gasteiger partial charge on any atom is 0.534 e. The van der Waals surface area contributed by atoms with Crippen LogP contribution in [0.3, 0.4) is 0 Å². The van der Waals surface area contributed by atoms with Gasteiger partial charge in [0.1, 0.15) is 5.76 Å². The van der Waals surface area contributed by atoms with Gasteiger partial charge in [0.15, 0.2) is 0 Å². The van der Waals surface area contributed by atoms with E-state index in [0.29, 0.717) is 0 Å². The van der Waals surface area contributed by atoms with Gasteiger partial charge in [-0.3, -0.25) is 0 Å². The molecule has 0 spiro atoms. The average molecular weight is 289 g/mol. The fraction of sp³-hybridized carbons (Fsp3) is 0.625.